The zero-order valence-corrected chi connectivity index (χ0v) is 15.1. The number of benzene rings is 1. The standard InChI is InChI=1S/C19H28N2O4/c1-3-24-19(22)17-10-7-11-21(14-17)12-13-25-20-18(15-23-2)16-8-5-4-6-9-16/h4-6,8-9,17H,3,7,10-15H2,1-2H3/t17-/m1/s1. The van der Waals surface area contributed by atoms with Crippen LogP contribution in [0.4, 0.5) is 0 Å². The fourth-order valence-corrected chi connectivity index (χ4v) is 2.93. The van der Waals surface area contributed by atoms with Gasteiger partial charge >= 0.3 is 5.97 Å². The van der Waals surface area contributed by atoms with Gasteiger partial charge in [-0.1, -0.05) is 35.5 Å². The van der Waals surface area contributed by atoms with E-state index < -0.39 is 0 Å². The summed E-state index contributed by atoms with van der Waals surface area (Å²) in [5.74, 6) is -0.108. The summed E-state index contributed by atoms with van der Waals surface area (Å²) in [6.07, 6.45) is 1.91. The number of nitrogens with zero attached hydrogens (tertiary/aromatic N) is 2. The van der Waals surface area contributed by atoms with Crippen molar-refractivity contribution in [3.05, 3.63) is 35.9 Å². The molecule has 1 heterocycles. The predicted octanol–water partition coefficient (Wildman–Crippen LogP) is 2.33. The lowest BCUT2D eigenvalue weighted by Crippen LogP contribution is -2.40. The van der Waals surface area contributed by atoms with Crippen molar-refractivity contribution in [1.82, 2.24) is 4.90 Å². The van der Waals surface area contributed by atoms with Gasteiger partial charge in [0, 0.05) is 25.8 Å². The van der Waals surface area contributed by atoms with E-state index >= 15 is 0 Å². The van der Waals surface area contributed by atoms with Crippen molar-refractivity contribution in [2.75, 3.05) is 46.6 Å². The number of methoxy groups -OCH3 is 1. The van der Waals surface area contributed by atoms with Crippen LogP contribution in [0.1, 0.15) is 25.3 Å². The van der Waals surface area contributed by atoms with Crippen molar-refractivity contribution in [2.24, 2.45) is 11.1 Å². The first kappa shape index (κ1) is 19.4. The van der Waals surface area contributed by atoms with E-state index in [1.165, 1.54) is 0 Å². The lowest BCUT2D eigenvalue weighted by Gasteiger charge is -2.30. The van der Waals surface area contributed by atoms with Gasteiger partial charge in [-0.2, -0.15) is 0 Å². The summed E-state index contributed by atoms with van der Waals surface area (Å²) >= 11 is 0. The number of likely N-dealkylation sites (tertiary alicyclic amines) is 1. The zero-order valence-electron chi connectivity index (χ0n) is 15.1. The molecule has 1 aromatic carbocycles. The Morgan fingerprint density at radius 2 is 2.12 bits per heavy atom. The fourth-order valence-electron chi connectivity index (χ4n) is 2.93. The van der Waals surface area contributed by atoms with Crippen LogP contribution in [-0.2, 0) is 19.1 Å². The molecule has 1 atom stereocenters. The molecule has 1 fully saturated rings. The Morgan fingerprint density at radius 3 is 2.84 bits per heavy atom. The third kappa shape index (κ3) is 6.48. The maximum Gasteiger partial charge on any atom is 0.310 e. The highest BCUT2D eigenvalue weighted by Crippen LogP contribution is 2.17. The van der Waals surface area contributed by atoms with Crippen LogP contribution in [0, 0.1) is 5.92 Å². The molecule has 2 rings (SSSR count). The van der Waals surface area contributed by atoms with E-state index in [0.29, 0.717) is 19.8 Å². The van der Waals surface area contributed by atoms with Crippen LogP contribution in [0.15, 0.2) is 35.5 Å². The summed E-state index contributed by atoms with van der Waals surface area (Å²) in [5, 5.41) is 4.23. The Kier molecular flexibility index (Phi) is 8.42. The molecule has 0 spiro atoms. The minimum absolute atomic E-state index is 0.0226. The normalized spacial score (nSPS) is 18.8. The number of oxime groups is 1. The molecule has 1 aromatic rings. The van der Waals surface area contributed by atoms with Crippen molar-refractivity contribution in [3.63, 3.8) is 0 Å². The van der Waals surface area contributed by atoms with E-state index in [4.69, 9.17) is 14.3 Å². The number of hydrogen-bond acceptors (Lipinski definition) is 6. The highest BCUT2D eigenvalue weighted by molar-refractivity contribution is 6.01. The molecule has 1 saturated heterocycles. The van der Waals surface area contributed by atoms with Crippen molar-refractivity contribution in [2.45, 2.75) is 19.8 Å². The third-order valence-corrected chi connectivity index (χ3v) is 4.19. The second-order valence-electron chi connectivity index (χ2n) is 6.06. The molecular weight excluding hydrogens is 320 g/mol. The average Bonchev–Trinajstić information content (AvgIpc) is 2.65. The largest absolute Gasteiger partial charge is 0.466 e. The van der Waals surface area contributed by atoms with E-state index in [9.17, 15) is 4.79 Å². The molecule has 0 unspecified atom stereocenters. The van der Waals surface area contributed by atoms with Crippen molar-refractivity contribution < 1.29 is 19.1 Å². The van der Waals surface area contributed by atoms with Gasteiger partial charge in [-0.05, 0) is 26.3 Å². The molecule has 138 valence electrons. The van der Waals surface area contributed by atoms with E-state index in [-0.39, 0.29) is 11.9 Å². The van der Waals surface area contributed by atoms with Gasteiger partial charge < -0.3 is 14.3 Å². The molecule has 0 radical (unpaired) electrons. The van der Waals surface area contributed by atoms with Gasteiger partial charge in [0.1, 0.15) is 12.3 Å². The molecule has 1 aliphatic rings. The van der Waals surface area contributed by atoms with Crippen LogP contribution in [0.2, 0.25) is 0 Å². The Balaban J connectivity index is 1.79. The molecule has 0 amide bonds. The van der Waals surface area contributed by atoms with E-state index in [0.717, 1.165) is 43.8 Å². The SMILES string of the molecule is CCOC(=O)[C@@H]1CCCN(CCON=C(COC)c2ccccc2)C1. The fraction of sp³-hybridized carbons (Fsp3) is 0.579. The molecule has 0 N–H and O–H groups in total. The predicted molar refractivity (Wildman–Crippen MR) is 96.6 cm³/mol. The first-order valence-electron chi connectivity index (χ1n) is 8.86. The number of esters is 1. The molecule has 0 aromatic heterocycles. The average molecular weight is 348 g/mol. The lowest BCUT2D eigenvalue weighted by molar-refractivity contribution is -0.150. The van der Waals surface area contributed by atoms with Crippen LogP contribution < -0.4 is 0 Å². The topological polar surface area (TPSA) is 60.4 Å². The molecular formula is C19H28N2O4. The summed E-state index contributed by atoms with van der Waals surface area (Å²) < 4.78 is 10.3. The Labute approximate surface area is 149 Å². The number of rotatable bonds is 9. The Hall–Kier alpha value is -1.92. The highest BCUT2D eigenvalue weighted by atomic mass is 16.6. The maximum absolute atomic E-state index is 11.9. The van der Waals surface area contributed by atoms with Gasteiger partial charge in [0.2, 0.25) is 0 Å². The van der Waals surface area contributed by atoms with Crippen LogP contribution >= 0.6 is 0 Å². The second-order valence-corrected chi connectivity index (χ2v) is 6.06. The van der Waals surface area contributed by atoms with Gasteiger partial charge in [0.15, 0.2) is 0 Å². The molecule has 0 saturated carbocycles. The number of hydrogen-bond donors (Lipinski definition) is 0. The van der Waals surface area contributed by atoms with Gasteiger partial charge in [0.25, 0.3) is 0 Å². The summed E-state index contributed by atoms with van der Waals surface area (Å²) in [6, 6.07) is 9.85. The summed E-state index contributed by atoms with van der Waals surface area (Å²) in [4.78, 5) is 19.6. The van der Waals surface area contributed by atoms with Crippen molar-refractivity contribution >= 4 is 11.7 Å². The van der Waals surface area contributed by atoms with Gasteiger partial charge in [0.05, 0.1) is 19.1 Å². The molecule has 6 nitrogen and oxygen atoms in total. The lowest BCUT2D eigenvalue weighted by atomic mass is 9.98. The van der Waals surface area contributed by atoms with Crippen molar-refractivity contribution in [1.29, 1.82) is 0 Å². The highest BCUT2D eigenvalue weighted by Gasteiger charge is 2.26. The minimum Gasteiger partial charge on any atom is -0.466 e. The van der Waals surface area contributed by atoms with Crippen LogP contribution in [-0.4, -0.2) is 63.1 Å². The number of ether oxygens (including phenoxy) is 2. The number of carbonyl (C=O) groups is 1. The summed E-state index contributed by atoms with van der Waals surface area (Å²) in [6.45, 7) is 5.62. The molecule has 0 bridgehead atoms. The van der Waals surface area contributed by atoms with E-state index in [1.54, 1.807) is 7.11 Å². The molecule has 6 heteroatoms. The maximum atomic E-state index is 11.9. The molecule has 25 heavy (non-hydrogen) atoms. The first-order chi connectivity index (χ1) is 12.2. The quantitative estimate of drug-likeness (QED) is 0.297. The molecule has 1 aliphatic heterocycles. The van der Waals surface area contributed by atoms with E-state index in [1.807, 2.05) is 37.3 Å². The van der Waals surface area contributed by atoms with E-state index in [2.05, 4.69) is 10.1 Å². The summed E-state index contributed by atoms with van der Waals surface area (Å²) in [7, 11) is 1.64. The van der Waals surface area contributed by atoms with Crippen LogP contribution in [0.3, 0.4) is 0 Å². The smallest absolute Gasteiger partial charge is 0.310 e. The van der Waals surface area contributed by atoms with Crippen molar-refractivity contribution in [3.8, 4) is 0 Å². The van der Waals surface area contributed by atoms with Gasteiger partial charge in [-0.25, -0.2) is 0 Å². The monoisotopic (exact) mass is 348 g/mol. The number of piperidine rings is 1. The first-order valence-corrected chi connectivity index (χ1v) is 8.86. The third-order valence-electron chi connectivity index (χ3n) is 4.19. The van der Waals surface area contributed by atoms with Crippen LogP contribution in [0.5, 0.6) is 0 Å². The van der Waals surface area contributed by atoms with Gasteiger partial charge in [-0.3, -0.25) is 9.69 Å². The zero-order chi connectivity index (χ0) is 17.9. The molecule has 0 aliphatic carbocycles. The van der Waals surface area contributed by atoms with Crippen LogP contribution in [0.25, 0.3) is 0 Å². The second kappa shape index (κ2) is 10.8. The Morgan fingerprint density at radius 1 is 1.32 bits per heavy atom. The Bertz CT molecular complexity index is 548. The minimum atomic E-state index is -0.0856. The number of carbonyl (C=O) groups excluding carboxylic acids is 1. The van der Waals surface area contributed by atoms with Gasteiger partial charge in [-0.15, -0.1) is 0 Å². The summed E-state index contributed by atoms with van der Waals surface area (Å²) in [5.41, 5.74) is 1.76.